The van der Waals surface area contributed by atoms with E-state index >= 15 is 0 Å². The molecule has 1 aliphatic heterocycles. The largest absolute Gasteiger partial charge is 0.340 e. The van der Waals surface area contributed by atoms with E-state index < -0.39 is 0 Å². The summed E-state index contributed by atoms with van der Waals surface area (Å²) in [6, 6.07) is 10.3. The number of benzene rings is 1. The summed E-state index contributed by atoms with van der Waals surface area (Å²) in [5.41, 5.74) is 7.66. The highest BCUT2D eigenvalue weighted by atomic mass is 35.5. The summed E-state index contributed by atoms with van der Waals surface area (Å²) in [6.45, 7) is 2.00. The first-order valence-electron chi connectivity index (χ1n) is 7.21. The van der Waals surface area contributed by atoms with E-state index in [1.165, 1.54) is 5.56 Å². The van der Waals surface area contributed by atoms with E-state index in [0.29, 0.717) is 37.2 Å². The van der Waals surface area contributed by atoms with Gasteiger partial charge < -0.3 is 15.2 Å². The van der Waals surface area contributed by atoms with E-state index in [0.717, 1.165) is 0 Å². The molecule has 3 rings (SSSR count). The Balaban J connectivity index is 0.00000176. The molecule has 1 aromatic heterocycles. The number of likely N-dealkylation sites (tertiary alicyclic amines) is 1. The van der Waals surface area contributed by atoms with Gasteiger partial charge in [0.1, 0.15) is 5.69 Å². The molecule has 1 aliphatic rings. The maximum absolute atomic E-state index is 12.5. The zero-order chi connectivity index (χ0) is 14.8. The average Bonchev–Trinajstić information content (AvgIpc) is 3.13. The Morgan fingerprint density at radius 1 is 1.32 bits per heavy atom. The lowest BCUT2D eigenvalue weighted by Gasteiger charge is -2.16. The number of nitrogens with two attached hydrogens (primary N) is 1. The Morgan fingerprint density at radius 3 is 2.64 bits per heavy atom. The van der Waals surface area contributed by atoms with Gasteiger partial charge >= 0.3 is 0 Å². The SMILES string of the molecule is Cl.Cn1cnc(C(=O)N2C[C@@H](CN)[C@H](c3ccccc3)C2)c1. The van der Waals surface area contributed by atoms with E-state index in [2.05, 4.69) is 17.1 Å². The molecule has 0 saturated carbocycles. The summed E-state index contributed by atoms with van der Waals surface area (Å²) < 4.78 is 1.79. The van der Waals surface area contributed by atoms with Gasteiger partial charge in [-0.2, -0.15) is 0 Å². The molecule has 118 valence electrons. The lowest BCUT2D eigenvalue weighted by molar-refractivity contribution is 0.0781. The second-order valence-corrected chi connectivity index (χ2v) is 5.65. The van der Waals surface area contributed by atoms with E-state index in [-0.39, 0.29) is 18.3 Å². The predicted octanol–water partition coefficient (Wildman–Crippen LogP) is 1.66. The summed E-state index contributed by atoms with van der Waals surface area (Å²) in [7, 11) is 1.86. The van der Waals surface area contributed by atoms with Crippen molar-refractivity contribution in [1.82, 2.24) is 14.5 Å². The van der Waals surface area contributed by atoms with Crippen LogP contribution in [0.1, 0.15) is 22.0 Å². The maximum atomic E-state index is 12.5. The van der Waals surface area contributed by atoms with Crippen molar-refractivity contribution >= 4 is 18.3 Å². The van der Waals surface area contributed by atoms with Crippen LogP contribution in [0.2, 0.25) is 0 Å². The van der Waals surface area contributed by atoms with Crippen molar-refractivity contribution in [3.8, 4) is 0 Å². The molecule has 2 N–H and O–H groups in total. The van der Waals surface area contributed by atoms with Crippen LogP contribution >= 0.6 is 12.4 Å². The topological polar surface area (TPSA) is 64.2 Å². The monoisotopic (exact) mass is 320 g/mol. The summed E-state index contributed by atoms with van der Waals surface area (Å²) in [6.07, 6.45) is 3.41. The third-order valence-corrected chi connectivity index (χ3v) is 4.18. The molecule has 2 atom stereocenters. The maximum Gasteiger partial charge on any atom is 0.274 e. The number of nitrogens with zero attached hydrogens (tertiary/aromatic N) is 3. The lowest BCUT2D eigenvalue weighted by Crippen LogP contribution is -2.30. The first-order chi connectivity index (χ1) is 10.2. The molecule has 0 aliphatic carbocycles. The number of halogens is 1. The number of carbonyl (C=O) groups is 1. The minimum absolute atomic E-state index is 0. The normalized spacial score (nSPS) is 20.7. The van der Waals surface area contributed by atoms with Gasteiger partial charge in [-0.05, 0) is 18.0 Å². The second kappa shape index (κ2) is 6.94. The van der Waals surface area contributed by atoms with E-state index in [1.54, 1.807) is 17.1 Å². The smallest absolute Gasteiger partial charge is 0.274 e. The Morgan fingerprint density at radius 2 is 2.05 bits per heavy atom. The van der Waals surface area contributed by atoms with Gasteiger partial charge in [0.25, 0.3) is 5.91 Å². The van der Waals surface area contributed by atoms with Gasteiger partial charge in [0.2, 0.25) is 0 Å². The summed E-state index contributed by atoms with van der Waals surface area (Å²) in [5, 5.41) is 0. The summed E-state index contributed by atoms with van der Waals surface area (Å²) in [4.78, 5) is 18.5. The lowest BCUT2D eigenvalue weighted by atomic mass is 9.89. The van der Waals surface area contributed by atoms with Crippen LogP contribution in [0.4, 0.5) is 0 Å². The van der Waals surface area contributed by atoms with Crippen molar-refractivity contribution in [2.24, 2.45) is 18.7 Å². The number of hydrogen-bond donors (Lipinski definition) is 1. The number of rotatable bonds is 3. The van der Waals surface area contributed by atoms with Crippen LogP contribution in [0, 0.1) is 5.92 Å². The van der Waals surface area contributed by atoms with Crippen LogP contribution in [0.15, 0.2) is 42.9 Å². The van der Waals surface area contributed by atoms with E-state index in [4.69, 9.17) is 5.73 Å². The predicted molar refractivity (Wildman–Crippen MR) is 88.1 cm³/mol. The number of amides is 1. The Labute approximate surface area is 136 Å². The van der Waals surface area contributed by atoms with Crippen molar-refractivity contribution in [2.75, 3.05) is 19.6 Å². The van der Waals surface area contributed by atoms with Crippen LogP contribution in [-0.2, 0) is 7.05 Å². The number of imidazole rings is 1. The molecule has 2 aromatic rings. The Hall–Kier alpha value is -1.85. The molecule has 22 heavy (non-hydrogen) atoms. The molecule has 1 aromatic carbocycles. The second-order valence-electron chi connectivity index (χ2n) is 5.65. The molecular formula is C16H21ClN4O. The first kappa shape index (κ1) is 16.5. The van der Waals surface area contributed by atoms with Crippen molar-refractivity contribution < 1.29 is 4.79 Å². The highest BCUT2D eigenvalue weighted by Crippen LogP contribution is 2.32. The highest BCUT2D eigenvalue weighted by Gasteiger charge is 2.36. The standard InChI is InChI=1S/C16H20N4O.ClH/c1-19-10-15(18-11-19)16(21)20-8-13(7-17)14(9-20)12-5-3-2-4-6-12;/h2-6,10-11,13-14H,7-9,17H2,1H3;1H/t13-,14+;/m1./s1. The zero-order valence-corrected chi connectivity index (χ0v) is 13.4. The molecule has 0 radical (unpaired) electrons. The minimum atomic E-state index is -0.00696. The molecule has 0 unspecified atom stereocenters. The van der Waals surface area contributed by atoms with Crippen molar-refractivity contribution in [1.29, 1.82) is 0 Å². The van der Waals surface area contributed by atoms with Crippen molar-refractivity contribution in [3.05, 3.63) is 54.1 Å². The fourth-order valence-corrected chi connectivity index (χ4v) is 3.04. The average molecular weight is 321 g/mol. The van der Waals surface area contributed by atoms with Gasteiger partial charge in [-0.25, -0.2) is 4.98 Å². The first-order valence-corrected chi connectivity index (χ1v) is 7.21. The Kier molecular flexibility index (Phi) is 5.21. The third-order valence-electron chi connectivity index (χ3n) is 4.18. The van der Waals surface area contributed by atoms with Gasteiger partial charge in [-0.1, -0.05) is 30.3 Å². The number of carbonyl (C=O) groups excluding carboxylic acids is 1. The van der Waals surface area contributed by atoms with Gasteiger partial charge in [0.15, 0.2) is 0 Å². The Bertz CT molecular complexity index is 628. The van der Waals surface area contributed by atoms with Gasteiger partial charge in [-0.15, -0.1) is 12.4 Å². The molecule has 5 nitrogen and oxygen atoms in total. The molecule has 2 heterocycles. The summed E-state index contributed by atoms with van der Waals surface area (Å²) in [5.74, 6) is 0.608. The molecule has 0 bridgehead atoms. The molecule has 1 amide bonds. The number of aryl methyl sites for hydroxylation is 1. The molecule has 6 heteroatoms. The van der Waals surface area contributed by atoms with Crippen molar-refractivity contribution in [2.45, 2.75) is 5.92 Å². The highest BCUT2D eigenvalue weighted by molar-refractivity contribution is 5.92. The zero-order valence-electron chi connectivity index (χ0n) is 12.6. The van der Waals surface area contributed by atoms with Crippen LogP contribution in [0.5, 0.6) is 0 Å². The molecule has 1 saturated heterocycles. The molecular weight excluding hydrogens is 300 g/mol. The van der Waals surface area contributed by atoms with E-state index in [1.807, 2.05) is 30.1 Å². The van der Waals surface area contributed by atoms with Crippen LogP contribution in [0.3, 0.4) is 0 Å². The fourth-order valence-electron chi connectivity index (χ4n) is 3.04. The van der Waals surface area contributed by atoms with Gasteiger partial charge in [0.05, 0.1) is 6.33 Å². The fraction of sp³-hybridized carbons (Fsp3) is 0.375. The van der Waals surface area contributed by atoms with Crippen LogP contribution in [-0.4, -0.2) is 40.0 Å². The van der Waals surface area contributed by atoms with Gasteiger partial charge in [0, 0.05) is 32.3 Å². The quantitative estimate of drug-likeness (QED) is 0.935. The minimum Gasteiger partial charge on any atom is -0.340 e. The molecule has 0 spiro atoms. The number of hydrogen-bond acceptors (Lipinski definition) is 3. The van der Waals surface area contributed by atoms with Crippen molar-refractivity contribution in [3.63, 3.8) is 0 Å². The van der Waals surface area contributed by atoms with Crippen LogP contribution in [0.25, 0.3) is 0 Å². The van der Waals surface area contributed by atoms with Gasteiger partial charge in [-0.3, -0.25) is 4.79 Å². The van der Waals surface area contributed by atoms with E-state index in [9.17, 15) is 4.79 Å². The summed E-state index contributed by atoms with van der Waals surface area (Å²) >= 11 is 0. The molecule has 1 fully saturated rings. The third kappa shape index (κ3) is 3.15. The van der Waals surface area contributed by atoms with Crippen LogP contribution < -0.4 is 5.73 Å². The number of aromatic nitrogens is 2.